The summed E-state index contributed by atoms with van der Waals surface area (Å²) in [7, 11) is 0. The lowest BCUT2D eigenvalue weighted by molar-refractivity contribution is 0.0903. The van der Waals surface area contributed by atoms with Crippen LogP contribution in [0.3, 0.4) is 0 Å². The summed E-state index contributed by atoms with van der Waals surface area (Å²) in [6, 6.07) is 0. The molecule has 2 N–H and O–H groups in total. The van der Waals surface area contributed by atoms with E-state index in [0.717, 1.165) is 42.1 Å². The maximum absolute atomic E-state index is 5.77. The molecule has 0 saturated heterocycles. The van der Waals surface area contributed by atoms with Crippen LogP contribution in [-0.4, -0.2) is 6.54 Å². The highest BCUT2D eigenvalue weighted by Crippen LogP contribution is 2.52. The number of unbranched alkanes of at least 4 members (excludes halogenated alkanes) is 1. The first-order valence-corrected chi connectivity index (χ1v) is 16.8. The van der Waals surface area contributed by atoms with Crippen LogP contribution in [-0.2, 0) is 0 Å². The van der Waals surface area contributed by atoms with Crippen molar-refractivity contribution < 1.29 is 0 Å². The Morgan fingerprint density at radius 1 is 0.744 bits per heavy atom. The number of fused-ring (bicyclic) bond motifs is 1. The van der Waals surface area contributed by atoms with Gasteiger partial charge in [0.05, 0.1) is 0 Å². The van der Waals surface area contributed by atoms with Crippen LogP contribution in [0.15, 0.2) is 83.1 Å². The summed E-state index contributed by atoms with van der Waals surface area (Å²) in [5.41, 5.74) is 12.5. The third-order valence-corrected chi connectivity index (χ3v) is 11.3. The largest absolute Gasteiger partial charge is 0.330 e. The molecule has 0 spiro atoms. The van der Waals surface area contributed by atoms with E-state index in [1.165, 1.54) is 103 Å². The second-order valence-electron chi connectivity index (χ2n) is 13.6. The molecule has 1 fully saturated rings. The summed E-state index contributed by atoms with van der Waals surface area (Å²) >= 11 is 0. The molecule has 6 aliphatic carbocycles. The average Bonchev–Trinajstić information content (AvgIpc) is 3.01. The monoisotopic (exact) mass is 523 g/mol. The van der Waals surface area contributed by atoms with Gasteiger partial charge in [0, 0.05) is 0 Å². The average molecular weight is 524 g/mol. The van der Waals surface area contributed by atoms with Crippen LogP contribution in [0.2, 0.25) is 0 Å². The van der Waals surface area contributed by atoms with E-state index in [1.807, 2.05) is 0 Å². The quantitative estimate of drug-likeness (QED) is 0.248. The molecule has 6 rings (SSSR count). The minimum Gasteiger partial charge on any atom is -0.330 e. The minimum absolute atomic E-state index is 0.697. The molecule has 1 nitrogen and oxygen atoms in total. The first-order valence-electron chi connectivity index (χ1n) is 16.8. The van der Waals surface area contributed by atoms with E-state index >= 15 is 0 Å². The predicted octanol–water partition coefficient (Wildman–Crippen LogP) is 9.96. The van der Waals surface area contributed by atoms with Crippen LogP contribution in [0.25, 0.3) is 0 Å². The third kappa shape index (κ3) is 6.40. The molecule has 0 radical (unpaired) electrons. The Balaban J connectivity index is 1.11. The Hall–Kier alpha value is -1.86. The zero-order chi connectivity index (χ0) is 26.4. The van der Waals surface area contributed by atoms with Crippen molar-refractivity contribution >= 4 is 0 Å². The highest BCUT2D eigenvalue weighted by molar-refractivity contribution is 5.38. The molecule has 7 unspecified atom stereocenters. The van der Waals surface area contributed by atoms with Crippen LogP contribution in [0.5, 0.6) is 0 Å². The van der Waals surface area contributed by atoms with Gasteiger partial charge in [0.2, 0.25) is 0 Å². The Morgan fingerprint density at radius 3 is 2.51 bits per heavy atom. The van der Waals surface area contributed by atoms with Crippen molar-refractivity contribution in [3.8, 4) is 0 Å². The SMILES string of the molecule is NCCCCC1=CC(C2CCC(C3=CCC(C4C=C(C5=CC=CCC5)CCC4)C=C3)C3C=CCCC32)CCC1. The molecule has 0 amide bonds. The van der Waals surface area contributed by atoms with Gasteiger partial charge in [-0.15, -0.1) is 0 Å². The number of hydrogen-bond donors (Lipinski definition) is 1. The van der Waals surface area contributed by atoms with Gasteiger partial charge in [-0.3, -0.25) is 0 Å². The second-order valence-corrected chi connectivity index (χ2v) is 13.6. The number of nitrogens with two attached hydrogens (primary N) is 1. The van der Waals surface area contributed by atoms with Crippen molar-refractivity contribution in [1.29, 1.82) is 0 Å². The summed E-state index contributed by atoms with van der Waals surface area (Å²) in [6.45, 7) is 0.844. The van der Waals surface area contributed by atoms with Crippen molar-refractivity contribution in [2.24, 2.45) is 47.2 Å². The summed E-state index contributed by atoms with van der Waals surface area (Å²) in [5.74, 6) is 5.53. The maximum atomic E-state index is 5.77. The molecular weight excluding hydrogens is 470 g/mol. The fraction of sp³-hybridized carbons (Fsp3) is 0.632. The lowest BCUT2D eigenvalue weighted by Gasteiger charge is -2.48. The van der Waals surface area contributed by atoms with Crippen molar-refractivity contribution in [1.82, 2.24) is 0 Å². The summed E-state index contributed by atoms with van der Waals surface area (Å²) in [4.78, 5) is 0. The van der Waals surface area contributed by atoms with E-state index in [1.54, 1.807) is 22.3 Å². The molecule has 0 aliphatic heterocycles. The molecule has 0 heterocycles. The van der Waals surface area contributed by atoms with E-state index in [4.69, 9.17) is 5.73 Å². The van der Waals surface area contributed by atoms with Crippen LogP contribution >= 0.6 is 0 Å². The van der Waals surface area contributed by atoms with Crippen molar-refractivity contribution in [2.45, 2.75) is 103 Å². The van der Waals surface area contributed by atoms with E-state index < -0.39 is 0 Å². The van der Waals surface area contributed by atoms with E-state index in [2.05, 4.69) is 60.8 Å². The zero-order valence-corrected chi connectivity index (χ0v) is 24.4. The van der Waals surface area contributed by atoms with Crippen molar-refractivity contribution in [2.75, 3.05) is 6.54 Å². The zero-order valence-electron chi connectivity index (χ0n) is 24.4. The summed E-state index contributed by atoms with van der Waals surface area (Å²) in [6.07, 6.45) is 46.6. The second kappa shape index (κ2) is 13.2. The highest BCUT2D eigenvalue weighted by atomic mass is 14.5. The lowest BCUT2D eigenvalue weighted by atomic mass is 9.57. The van der Waals surface area contributed by atoms with E-state index in [0.29, 0.717) is 5.92 Å². The van der Waals surface area contributed by atoms with Gasteiger partial charge in [0.25, 0.3) is 0 Å². The van der Waals surface area contributed by atoms with Gasteiger partial charge >= 0.3 is 0 Å². The van der Waals surface area contributed by atoms with E-state index in [-0.39, 0.29) is 0 Å². The number of hydrogen-bond acceptors (Lipinski definition) is 1. The molecule has 0 aromatic heterocycles. The first-order chi connectivity index (χ1) is 19.3. The standard InChI is InChI=1S/C38H53N/c39-25-7-6-10-28-11-8-16-34(26-28)36-24-23-35(37-17-4-5-18-38(36)37)31-21-19-30(20-22-31)33-15-9-14-32(27-33)29-12-2-1-3-13-29/h1-2,4,12,17,19,21-22,26-27,30,33-38H,3,5-11,13-16,18,20,23-25,39H2. The molecule has 0 bridgehead atoms. The third-order valence-electron chi connectivity index (χ3n) is 11.3. The number of rotatable bonds is 8. The smallest absolute Gasteiger partial charge is 0.00772 e. The van der Waals surface area contributed by atoms with Gasteiger partial charge in [-0.25, -0.2) is 0 Å². The topological polar surface area (TPSA) is 26.0 Å². The van der Waals surface area contributed by atoms with Crippen LogP contribution in [0, 0.1) is 41.4 Å². The van der Waals surface area contributed by atoms with Gasteiger partial charge < -0.3 is 5.73 Å². The molecule has 7 atom stereocenters. The van der Waals surface area contributed by atoms with Crippen molar-refractivity contribution in [3.63, 3.8) is 0 Å². The van der Waals surface area contributed by atoms with Crippen LogP contribution in [0.1, 0.15) is 103 Å². The number of allylic oxidation sites excluding steroid dienone is 14. The lowest BCUT2D eigenvalue weighted by Crippen LogP contribution is -2.39. The van der Waals surface area contributed by atoms with Gasteiger partial charge in [0.1, 0.15) is 0 Å². The van der Waals surface area contributed by atoms with Crippen LogP contribution < -0.4 is 5.73 Å². The van der Waals surface area contributed by atoms with Gasteiger partial charge in [0.15, 0.2) is 0 Å². The molecule has 1 saturated carbocycles. The Bertz CT molecular complexity index is 1060. The fourth-order valence-electron chi connectivity index (χ4n) is 9.26. The molecule has 6 aliphatic rings. The highest BCUT2D eigenvalue weighted by Gasteiger charge is 2.42. The van der Waals surface area contributed by atoms with Crippen LogP contribution in [0.4, 0.5) is 0 Å². The maximum Gasteiger partial charge on any atom is -0.00772 e. The van der Waals surface area contributed by atoms with Gasteiger partial charge in [-0.05, 0) is 167 Å². The molecule has 210 valence electrons. The molecule has 39 heavy (non-hydrogen) atoms. The van der Waals surface area contributed by atoms with Gasteiger partial charge in [-0.2, -0.15) is 0 Å². The Morgan fingerprint density at radius 2 is 1.67 bits per heavy atom. The first kappa shape index (κ1) is 27.3. The predicted molar refractivity (Wildman–Crippen MR) is 167 cm³/mol. The normalized spacial score (nSPS) is 36.5. The van der Waals surface area contributed by atoms with E-state index in [9.17, 15) is 0 Å². The fourth-order valence-corrected chi connectivity index (χ4v) is 9.26. The molecular formula is C38H53N. The minimum atomic E-state index is 0.697. The Labute approximate surface area is 239 Å². The summed E-state index contributed by atoms with van der Waals surface area (Å²) in [5, 5.41) is 0. The Kier molecular flexibility index (Phi) is 9.25. The molecule has 1 heteroatoms. The van der Waals surface area contributed by atoms with Gasteiger partial charge in [-0.1, -0.05) is 66.3 Å². The van der Waals surface area contributed by atoms with Crippen molar-refractivity contribution in [3.05, 3.63) is 83.1 Å². The molecule has 0 aromatic carbocycles. The molecule has 0 aromatic rings. The summed E-state index contributed by atoms with van der Waals surface area (Å²) < 4.78 is 0.